The normalized spacial score (nSPS) is 13.8. The summed E-state index contributed by atoms with van der Waals surface area (Å²) in [5.74, 6) is -1.09. The van der Waals surface area contributed by atoms with Gasteiger partial charge in [-0.2, -0.15) is 0 Å². The highest BCUT2D eigenvalue weighted by molar-refractivity contribution is 6.02. The van der Waals surface area contributed by atoms with Gasteiger partial charge < -0.3 is 19.4 Å². The Balaban J connectivity index is 1.62. The van der Waals surface area contributed by atoms with Crippen LogP contribution in [0, 0.1) is 0 Å². The maximum Gasteiger partial charge on any atom is 0.341 e. The van der Waals surface area contributed by atoms with Gasteiger partial charge in [0.1, 0.15) is 6.26 Å². The minimum absolute atomic E-state index is 0.0306. The van der Waals surface area contributed by atoms with Crippen LogP contribution in [0.5, 0.6) is 0 Å². The summed E-state index contributed by atoms with van der Waals surface area (Å²) < 4.78 is 9.70. The molecule has 0 radical (unpaired) electrons. The molecular weight excluding hydrogens is 312 g/mol. The number of esters is 1. The average molecular weight is 328 g/mol. The largest absolute Gasteiger partial charge is 0.472 e. The molecule has 1 fully saturated rings. The second-order valence-corrected chi connectivity index (χ2v) is 5.30. The Bertz CT molecular complexity index is 754. The minimum atomic E-state index is -0.637. The van der Waals surface area contributed by atoms with Crippen molar-refractivity contribution in [2.75, 3.05) is 23.4 Å². The molecule has 2 aromatic rings. The highest BCUT2D eigenvalue weighted by atomic mass is 16.5. The van der Waals surface area contributed by atoms with E-state index in [1.807, 2.05) is 0 Å². The molecule has 2 amide bonds. The number of para-hydroxylation sites is 2. The molecule has 1 aromatic heterocycles. The van der Waals surface area contributed by atoms with Gasteiger partial charge in [-0.3, -0.25) is 9.59 Å². The number of nitrogens with one attached hydrogen (secondary N) is 1. The number of amides is 2. The number of ether oxygens (including phenoxy) is 1. The molecule has 1 aliphatic heterocycles. The molecular formula is C17H16N2O5. The van der Waals surface area contributed by atoms with E-state index in [1.54, 1.807) is 29.2 Å². The summed E-state index contributed by atoms with van der Waals surface area (Å²) in [7, 11) is 0. The zero-order valence-electron chi connectivity index (χ0n) is 12.9. The lowest BCUT2D eigenvalue weighted by Crippen LogP contribution is -2.26. The molecule has 124 valence electrons. The maximum absolute atomic E-state index is 12.0. The number of carbonyl (C=O) groups excluding carboxylic acids is 3. The Hall–Kier alpha value is -3.09. The zero-order chi connectivity index (χ0) is 16.9. The lowest BCUT2D eigenvalue weighted by Gasteiger charge is -2.19. The fourth-order valence-electron chi connectivity index (χ4n) is 2.50. The van der Waals surface area contributed by atoms with Crippen molar-refractivity contribution in [3.05, 3.63) is 48.4 Å². The van der Waals surface area contributed by atoms with Crippen LogP contribution in [0.25, 0.3) is 0 Å². The van der Waals surface area contributed by atoms with Gasteiger partial charge in [0, 0.05) is 13.0 Å². The van der Waals surface area contributed by atoms with E-state index < -0.39 is 18.5 Å². The summed E-state index contributed by atoms with van der Waals surface area (Å²) >= 11 is 0. The van der Waals surface area contributed by atoms with Gasteiger partial charge in [0.15, 0.2) is 6.61 Å². The van der Waals surface area contributed by atoms with E-state index in [2.05, 4.69) is 5.32 Å². The van der Waals surface area contributed by atoms with Gasteiger partial charge >= 0.3 is 5.97 Å². The highest BCUT2D eigenvalue weighted by Crippen LogP contribution is 2.29. The van der Waals surface area contributed by atoms with Gasteiger partial charge in [-0.05, 0) is 24.6 Å². The highest BCUT2D eigenvalue weighted by Gasteiger charge is 2.24. The molecule has 1 N–H and O–H groups in total. The van der Waals surface area contributed by atoms with Crippen molar-refractivity contribution in [1.82, 2.24) is 0 Å². The number of rotatable bonds is 5. The fraction of sp³-hybridized carbons (Fsp3) is 0.235. The summed E-state index contributed by atoms with van der Waals surface area (Å²) in [6.45, 7) is 0.202. The van der Waals surface area contributed by atoms with Crippen LogP contribution in [0.2, 0.25) is 0 Å². The molecule has 0 saturated carbocycles. The molecule has 3 rings (SSSR count). The number of hydrogen-bond acceptors (Lipinski definition) is 5. The molecule has 7 nitrogen and oxygen atoms in total. The molecule has 2 heterocycles. The van der Waals surface area contributed by atoms with Crippen LogP contribution in [0.1, 0.15) is 23.2 Å². The first-order valence-corrected chi connectivity index (χ1v) is 7.54. The molecule has 0 spiro atoms. The minimum Gasteiger partial charge on any atom is -0.472 e. The van der Waals surface area contributed by atoms with Gasteiger partial charge in [0.25, 0.3) is 5.91 Å². The molecule has 0 aliphatic carbocycles. The first-order chi connectivity index (χ1) is 11.6. The SMILES string of the molecule is O=C(COC(=O)c1ccoc1)Nc1ccccc1N1CCCC1=O. The smallest absolute Gasteiger partial charge is 0.341 e. The third-order valence-corrected chi connectivity index (χ3v) is 3.63. The Morgan fingerprint density at radius 1 is 1.25 bits per heavy atom. The number of furan rings is 1. The second-order valence-electron chi connectivity index (χ2n) is 5.30. The monoisotopic (exact) mass is 328 g/mol. The van der Waals surface area contributed by atoms with E-state index in [4.69, 9.17) is 9.15 Å². The number of benzene rings is 1. The van der Waals surface area contributed by atoms with Crippen LogP contribution in [0.15, 0.2) is 47.3 Å². The number of nitrogens with zero attached hydrogens (tertiary/aromatic N) is 1. The standard InChI is InChI=1S/C17H16N2O5/c20-15(11-24-17(22)12-7-9-23-10-12)18-13-4-1-2-5-14(13)19-8-3-6-16(19)21/h1-2,4-5,7,9-10H,3,6,8,11H2,(H,18,20). The molecule has 1 saturated heterocycles. The summed E-state index contributed by atoms with van der Waals surface area (Å²) in [6.07, 6.45) is 3.89. The molecule has 0 atom stereocenters. The molecule has 1 aliphatic rings. The van der Waals surface area contributed by atoms with Crippen LogP contribution in [-0.2, 0) is 14.3 Å². The Kier molecular flexibility index (Phi) is 4.60. The topological polar surface area (TPSA) is 88.8 Å². The zero-order valence-corrected chi connectivity index (χ0v) is 12.9. The molecule has 0 unspecified atom stereocenters. The van der Waals surface area contributed by atoms with Crippen molar-refractivity contribution in [2.45, 2.75) is 12.8 Å². The first kappa shape index (κ1) is 15.8. The summed E-state index contributed by atoms with van der Waals surface area (Å²) in [5, 5.41) is 2.68. The van der Waals surface area contributed by atoms with Crippen LogP contribution in [0.3, 0.4) is 0 Å². The van der Waals surface area contributed by atoms with Gasteiger partial charge in [-0.25, -0.2) is 4.79 Å². The third kappa shape index (κ3) is 3.45. The predicted molar refractivity (Wildman–Crippen MR) is 85.6 cm³/mol. The van der Waals surface area contributed by atoms with Gasteiger partial charge in [0.2, 0.25) is 5.91 Å². The van der Waals surface area contributed by atoms with Gasteiger partial charge in [-0.15, -0.1) is 0 Å². The number of anilines is 2. The van der Waals surface area contributed by atoms with E-state index >= 15 is 0 Å². The summed E-state index contributed by atoms with van der Waals surface area (Å²) in [6, 6.07) is 8.49. The Morgan fingerprint density at radius 2 is 2.08 bits per heavy atom. The fourth-order valence-corrected chi connectivity index (χ4v) is 2.50. The number of hydrogen-bond donors (Lipinski definition) is 1. The third-order valence-electron chi connectivity index (χ3n) is 3.63. The van der Waals surface area contributed by atoms with E-state index in [9.17, 15) is 14.4 Å². The number of carbonyl (C=O) groups is 3. The predicted octanol–water partition coefficient (Wildman–Crippen LogP) is 2.20. The molecule has 0 bridgehead atoms. The van der Waals surface area contributed by atoms with E-state index in [0.717, 1.165) is 6.42 Å². The first-order valence-electron chi connectivity index (χ1n) is 7.54. The quantitative estimate of drug-likeness (QED) is 0.850. The van der Waals surface area contributed by atoms with Crippen molar-refractivity contribution in [3.63, 3.8) is 0 Å². The average Bonchev–Trinajstić information content (AvgIpc) is 3.25. The molecule has 7 heteroatoms. The lowest BCUT2D eigenvalue weighted by molar-refractivity contribution is -0.119. The van der Waals surface area contributed by atoms with Crippen LogP contribution < -0.4 is 10.2 Å². The van der Waals surface area contributed by atoms with Crippen LogP contribution in [0.4, 0.5) is 11.4 Å². The van der Waals surface area contributed by atoms with Crippen molar-refractivity contribution < 1.29 is 23.5 Å². The van der Waals surface area contributed by atoms with E-state index in [-0.39, 0.29) is 11.5 Å². The lowest BCUT2D eigenvalue weighted by atomic mass is 10.2. The van der Waals surface area contributed by atoms with Crippen molar-refractivity contribution >= 4 is 29.2 Å². The van der Waals surface area contributed by atoms with E-state index in [1.165, 1.54) is 18.6 Å². The Morgan fingerprint density at radius 3 is 2.79 bits per heavy atom. The van der Waals surface area contributed by atoms with Gasteiger partial charge in [0.05, 0.1) is 23.2 Å². The van der Waals surface area contributed by atoms with E-state index in [0.29, 0.717) is 24.3 Å². The summed E-state index contributed by atoms with van der Waals surface area (Å²) in [4.78, 5) is 37.2. The Labute approximate surface area is 138 Å². The molecule has 1 aromatic carbocycles. The van der Waals surface area contributed by atoms with Crippen molar-refractivity contribution in [1.29, 1.82) is 0 Å². The van der Waals surface area contributed by atoms with Crippen LogP contribution >= 0.6 is 0 Å². The van der Waals surface area contributed by atoms with Crippen LogP contribution in [-0.4, -0.2) is 30.9 Å². The maximum atomic E-state index is 12.0. The van der Waals surface area contributed by atoms with Gasteiger partial charge in [-0.1, -0.05) is 12.1 Å². The van der Waals surface area contributed by atoms with Crippen molar-refractivity contribution in [3.8, 4) is 0 Å². The second kappa shape index (κ2) is 6.99. The summed E-state index contributed by atoms with van der Waals surface area (Å²) in [5.41, 5.74) is 1.40. The van der Waals surface area contributed by atoms with Crippen molar-refractivity contribution in [2.24, 2.45) is 0 Å². The molecule has 24 heavy (non-hydrogen) atoms.